The van der Waals surface area contributed by atoms with Gasteiger partial charge in [0.1, 0.15) is 0 Å². The number of aromatic nitrogens is 2. The van der Waals surface area contributed by atoms with E-state index in [1.165, 1.54) is 12.8 Å². The van der Waals surface area contributed by atoms with Gasteiger partial charge in [0, 0.05) is 5.56 Å². The molecule has 2 heterocycles. The van der Waals surface area contributed by atoms with Gasteiger partial charge in [0.15, 0.2) is 5.69 Å². The van der Waals surface area contributed by atoms with Gasteiger partial charge in [-0.15, -0.1) is 0 Å². The summed E-state index contributed by atoms with van der Waals surface area (Å²) in [5, 5.41) is 13.3. The number of carboxylic acids is 1. The molecule has 1 aromatic heterocycles. The Kier molecular flexibility index (Phi) is 2.21. The average Bonchev–Trinajstić information content (AvgIpc) is 2.93. The molecule has 1 fully saturated rings. The van der Waals surface area contributed by atoms with Crippen molar-refractivity contribution in [2.75, 3.05) is 0 Å². The molecule has 5 heteroatoms. The van der Waals surface area contributed by atoms with E-state index in [2.05, 4.69) is 5.10 Å². The molecular weight excluding hydrogens is 208 g/mol. The van der Waals surface area contributed by atoms with Crippen LogP contribution < -0.4 is 0 Å². The Balaban J connectivity index is 2.05. The van der Waals surface area contributed by atoms with E-state index in [9.17, 15) is 4.79 Å². The van der Waals surface area contributed by atoms with Crippen LogP contribution in [0, 0.1) is 0 Å². The monoisotopic (exact) mass is 222 g/mol. The second kappa shape index (κ2) is 3.59. The van der Waals surface area contributed by atoms with Crippen LogP contribution in [0.15, 0.2) is 0 Å². The number of nitrogens with zero attached hydrogens (tertiary/aromatic N) is 2. The molecule has 1 aromatic rings. The SMILES string of the molecule is O=C(O)c1nn(C2CCCC2)c2c1COC2. The molecule has 86 valence electrons. The zero-order chi connectivity index (χ0) is 11.1. The number of carbonyl (C=O) groups is 1. The third-order valence-electron chi connectivity index (χ3n) is 3.48. The van der Waals surface area contributed by atoms with Gasteiger partial charge in [0.25, 0.3) is 0 Å². The molecular formula is C11H14N2O3. The van der Waals surface area contributed by atoms with Crippen LogP contribution in [0.5, 0.6) is 0 Å². The van der Waals surface area contributed by atoms with Crippen LogP contribution in [0.4, 0.5) is 0 Å². The second-order valence-electron chi connectivity index (χ2n) is 4.45. The highest BCUT2D eigenvalue weighted by Gasteiger charge is 2.30. The molecule has 1 aliphatic carbocycles. The van der Waals surface area contributed by atoms with Crippen LogP contribution in [-0.4, -0.2) is 20.9 Å². The van der Waals surface area contributed by atoms with Crippen molar-refractivity contribution >= 4 is 5.97 Å². The summed E-state index contributed by atoms with van der Waals surface area (Å²) in [6, 6.07) is 0.378. The van der Waals surface area contributed by atoms with E-state index >= 15 is 0 Å². The maximum Gasteiger partial charge on any atom is 0.356 e. The Bertz CT molecular complexity index is 433. The van der Waals surface area contributed by atoms with E-state index in [4.69, 9.17) is 9.84 Å². The fraction of sp³-hybridized carbons (Fsp3) is 0.636. The van der Waals surface area contributed by atoms with Crippen molar-refractivity contribution < 1.29 is 14.6 Å². The molecule has 0 bridgehead atoms. The smallest absolute Gasteiger partial charge is 0.356 e. The zero-order valence-corrected chi connectivity index (χ0v) is 8.98. The third-order valence-corrected chi connectivity index (χ3v) is 3.48. The molecule has 0 aromatic carbocycles. The number of ether oxygens (including phenoxy) is 1. The number of hydrogen-bond donors (Lipinski definition) is 1. The van der Waals surface area contributed by atoms with Crippen LogP contribution >= 0.6 is 0 Å². The lowest BCUT2D eigenvalue weighted by Crippen LogP contribution is -2.11. The molecule has 1 aliphatic heterocycles. The summed E-state index contributed by atoms with van der Waals surface area (Å²) >= 11 is 0. The first kappa shape index (κ1) is 9.84. The van der Waals surface area contributed by atoms with E-state index in [-0.39, 0.29) is 5.69 Å². The normalized spacial score (nSPS) is 20.2. The lowest BCUT2D eigenvalue weighted by atomic mass is 10.2. The fourth-order valence-corrected chi connectivity index (χ4v) is 2.68. The van der Waals surface area contributed by atoms with Gasteiger partial charge in [-0.3, -0.25) is 4.68 Å². The predicted octanol–water partition coefficient (Wildman–Crippen LogP) is 1.73. The van der Waals surface area contributed by atoms with E-state index in [0.29, 0.717) is 19.3 Å². The summed E-state index contributed by atoms with van der Waals surface area (Å²) in [5.74, 6) is -0.946. The van der Waals surface area contributed by atoms with Crippen molar-refractivity contribution in [1.29, 1.82) is 0 Å². The van der Waals surface area contributed by atoms with Gasteiger partial charge in [-0.25, -0.2) is 4.79 Å². The number of carboxylic acid groups (broad SMARTS) is 1. The van der Waals surface area contributed by atoms with Crippen molar-refractivity contribution in [3.8, 4) is 0 Å². The minimum atomic E-state index is -0.946. The molecule has 0 amide bonds. The first-order valence-electron chi connectivity index (χ1n) is 5.68. The first-order chi connectivity index (χ1) is 7.77. The van der Waals surface area contributed by atoms with Gasteiger partial charge >= 0.3 is 5.97 Å². The minimum absolute atomic E-state index is 0.180. The lowest BCUT2D eigenvalue weighted by Gasteiger charge is -2.12. The third kappa shape index (κ3) is 1.35. The highest BCUT2D eigenvalue weighted by atomic mass is 16.5. The fourth-order valence-electron chi connectivity index (χ4n) is 2.68. The molecule has 1 N–H and O–H groups in total. The average molecular weight is 222 g/mol. The van der Waals surface area contributed by atoms with Crippen molar-refractivity contribution in [1.82, 2.24) is 9.78 Å². The highest BCUT2D eigenvalue weighted by Crippen LogP contribution is 2.34. The Labute approximate surface area is 93.0 Å². The summed E-state index contributed by atoms with van der Waals surface area (Å²) in [7, 11) is 0. The van der Waals surface area contributed by atoms with E-state index in [0.717, 1.165) is 24.1 Å². The van der Waals surface area contributed by atoms with Crippen LogP contribution in [0.3, 0.4) is 0 Å². The summed E-state index contributed by atoms with van der Waals surface area (Å²) < 4.78 is 7.22. The molecule has 2 aliphatic rings. The topological polar surface area (TPSA) is 64.3 Å². The number of rotatable bonds is 2. The lowest BCUT2D eigenvalue weighted by molar-refractivity contribution is 0.0681. The molecule has 0 spiro atoms. The second-order valence-corrected chi connectivity index (χ2v) is 4.45. The van der Waals surface area contributed by atoms with Crippen molar-refractivity contribution in [3.05, 3.63) is 17.0 Å². The van der Waals surface area contributed by atoms with Crippen molar-refractivity contribution in [3.63, 3.8) is 0 Å². The van der Waals surface area contributed by atoms with E-state index in [1.807, 2.05) is 4.68 Å². The number of aromatic carboxylic acids is 1. The zero-order valence-electron chi connectivity index (χ0n) is 8.98. The van der Waals surface area contributed by atoms with Crippen LogP contribution in [-0.2, 0) is 18.0 Å². The van der Waals surface area contributed by atoms with Gasteiger partial charge in [0.05, 0.1) is 24.9 Å². The van der Waals surface area contributed by atoms with Gasteiger partial charge in [-0.05, 0) is 12.8 Å². The van der Waals surface area contributed by atoms with Crippen LogP contribution in [0.1, 0.15) is 53.5 Å². The standard InChI is InChI=1S/C11H14N2O3/c14-11(15)10-8-5-16-6-9(8)13(12-10)7-3-1-2-4-7/h7H,1-6H2,(H,14,15). The minimum Gasteiger partial charge on any atom is -0.476 e. The Hall–Kier alpha value is -1.36. The van der Waals surface area contributed by atoms with Crippen molar-refractivity contribution in [2.24, 2.45) is 0 Å². The summed E-state index contributed by atoms with van der Waals surface area (Å²) in [5.41, 5.74) is 1.93. The summed E-state index contributed by atoms with van der Waals surface area (Å²) in [6.07, 6.45) is 4.63. The van der Waals surface area contributed by atoms with Crippen molar-refractivity contribution in [2.45, 2.75) is 44.9 Å². The highest BCUT2D eigenvalue weighted by molar-refractivity contribution is 5.87. The molecule has 16 heavy (non-hydrogen) atoms. The maximum absolute atomic E-state index is 11.1. The van der Waals surface area contributed by atoms with Crippen LogP contribution in [0.2, 0.25) is 0 Å². The number of hydrogen-bond acceptors (Lipinski definition) is 3. The molecule has 0 atom stereocenters. The van der Waals surface area contributed by atoms with Gasteiger partial charge in [-0.2, -0.15) is 5.10 Å². The van der Waals surface area contributed by atoms with Gasteiger partial charge < -0.3 is 9.84 Å². The quantitative estimate of drug-likeness (QED) is 0.827. The van der Waals surface area contributed by atoms with Crippen LogP contribution in [0.25, 0.3) is 0 Å². The van der Waals surface area contributed by atoms with E-state index < -0.39 is 5.97 Å². The molecule has 0 unspecified atom stereocenters. The maximum atomic E-state index is 11.1. The van der Waals surface area contributed by atoms with Gasteiger partial charge in [-0.1, -0.05) is 12.8 Å². The largest absolute Gasteiger partial charge is 0.476 e. The van der Waals surface area contributed by atoms with E-state index in [1.54, 1.807) is 0 Å². The number of fused-ring (bicyclic) bond motifs is 1. The Morgan fingerprint density at radius 1 is 1.38 bits per heavy atom. The summed E-state index contributed by atoms with van der Waals surface area (Å²) in [6.45, 7) is 0.899. The molecule has 0 radical (unpaired) electrons. The first-order valence-corrected chi connectivity index (χ1v) is 5.68. The predicted molar refractivity (Wildman–Crippen MR) is 55.2 cm³/mol. The summed E-state index contributed by atoms with van der Waals surface area (Å²) in [4.78, 5) is 11.1. The molecule has 0 saturated heterocycles. The Morgan fingerprint density at radius 2 is 2.12 bits per heavy atom. The van der Waals surface area contributed by atoms with Gasteiger partial charge in [0.2, 0.25) is 0 Å². The molecule has 5 nitrogen and oxygen atoms in total. The molecule has 1 saturated carbocycles. The molecule has 3 rings (SSSR count). The Morgan fingerprint density at radius 3 is 2.81 bits per heavy atom.